The first-order chi connectivity index (χ1) is 14.3. The quantitative estimate of drug-likeness (QED) is 0.792. The Labute approximate surface area is 168 Å². The summed E-state index contributed by atoms with van der Waals surface area (Å²) in [5.41, 5.74) is -1.78. The van der Waals surface area contributed by atoms with Crippen molar-refractivity contribution >= 4 is 11.8 Å². The summed E-state index contributed by atoms with van der Waals surface area (Å²) in [7, 11) is 0. The summed E-state index contributed by atoms with van der Waals surface area (Å²) in [6.45, 7) is 0.0571. The van der Waals surface area contributed by atoms with Gasteiger partial charge in [-0.3, -0.25) is 14.4 Å². The summed E-state index contributed by atoms with van der Waals surface area (Å²) < 4.78 is 42.1. The molecular formula is C20H18F3N3O4. The van der Waals surface area contributed by atoms with Gasteiger partial charge in [-0.05, 0) is 12.5 Å². The van der Waals surface area contributed by atoms with Gasteiger partial charge in [0.05, 0.1) is 6.04 Å². The zero-order valence-electron chi connectivity index (χ0n) is 15.7. The number of pyridine rings is 1. The molecule has 2 bridgehead atoms. The molecule has 1 saturated heterocycles. The first kappa shape index (κ1) is 20.0. The van der Waals surface area contributed by atoms with Gasteiger partial charge in [0.2, 0.25) is 5.43 Å². The lowest BCUT2D eigenvalue weighted by molar-refractivity contribution is 0.0677. The Morgan fingerprint density at radius 1 is 1.27 bits per heavy atom. The average molecular weight is 421 g/mol. The van der Waals surface area contributed by atoms with E-state index in [4.69, 9.17) is 0 Å². The van der Waals surface area contributed by atoms with E-state index in [9.17, 15) is 32.7 Å². The largest absolute Gasteiger partial charge is 0.503 e. The van der Waals surface area contributed by atoms with Crippen LogP contribution in [-0.4, -0.2) is 45.6 Å². The van der Waals surface area contributed by atoms with Gasteiger partial charge < -0.3 is 19.9 Å². The van der Waals surface area contributed by atoms with Gasteiger partial charge in [0.1, 0.15) is 23.4 Å². The van der Waals surface area contributed by atoms with E-state index in [0.29, 0.717) is 6.07 Å². The molecule has 1 unspecified atom stereocenters. The minimum atomic E-state index is -1.17. The molecule has 0 spiro atoms. The molecule has 0 radical (unpaired) electrons. The Hall–Kier alpha value is -3.30. The van der Waals surface area contributed by atoms with Gasteiger partial charge in [-0.25, -0.2) is 13.2 Å². The lowest BCUT2D eigenvalue weighted by Gasteiger charge is -2.34. The number of rotatable bonds is 3. The Bertz CT molecular complexity index is 1100. The molecule has 2 aromatic rings. The van der Waals surface area contributed by atoms with Crippen molar-refractivity contribution in [3.63, 3.8) is 0 Å². The molecule has 0 aliphatic carbocycles. The predicted octanol–water partition coefficient (Wildman–Crippen LogP) is 1.89. The Balaban J connectivity index is 1.67. The van der Waals surface area contributed by atoms with Crippen molar-refractivity contribution < 1.29 is 27.9 Å². The van der Waals surface area contributed by atoms with Gasteiger partial charge in [-0.1, -0.05) is 6.07 Å². The summed E-state index contributed by atoms with van der Waals surface area (Å²) in [6, 6.07) is 2.31. The van der Waals surface area contributed by atoms with Crippen LogP contribution in [0, 0.1) is 11.6 Å². The van der Waals surface area contributed by atoms with Crippen LogP contribution in [0.2, 0.25) is 0 Å². The molecular weight excluding hydrogens is 403 g/mol. The maximum absolute atomic E-state index is 14.1. The lowest BCUT2D eigenvalue weighted by Crippen LogP contribution is -2.44. The highest BCUT2D eigenvalue weighted by Crippen LogP contribution is 2.32. The van der Waals surface area contributed by atoms with Gasteiger partial charge in [-0.15, -0.1) is 0 Å². The number of benzene rings is 1. The zero-order valence-corrected chi connectivity index (χ0v) is 15.7. The van der Waals surface area contributed by atoms with Gasteiger partial charge in [0.25, 0.3) is 11.8 Å². The number of hydrogen-bond acceptors (Lipinski definition) is 4. The van der Waals surface area contributed by atoms with Crippen LogP contribution in [0.5, 0.6) is 5.75 Å². The molecule has 4 rings (SSSR count). The summed E-state index contributed by atoms with van der Waals surface area (Å²) >= 11 is 0. The molecule has 0 saturated carbocycles. The maximum atomic E-state index is 14.1. The molecule has 158 valence electrons. The highest BCUT2D eigenvalue weighted by molar-refractivity contribution is 5.99. The van der Waals surface area contributed by atoms with Gasteiger partial charge in [0.15, 0.2) is 11.4 Å². The van der Waals surface area contributed by atoms with Gasteiger partial charge >= 0.3 is 0 Å². The fourth-order valence-electron chi connectivity index (χ4n) is 3.88. The van der Waals surface area contributed by atoms with E-state index >= 15 is 0 Å². The highest BCUT2D eigenvalue weighted by Gasteiger charge is 2.38. The molecule has 2 amide bonds. The van der Waals surface area contributed by atoms with Crippen LogP contribution in [0.15, 0.2) is 29.2 Å². The van der Waals surface area contributed by atoms with Crippen molar-refractivity contribution in [3.05, 3.63) is 63.1 Å². The van der Waals surface area contributed by atoms with E-state index in [-0.39, 0.29) is 43.7 Å². The fraction of sp³-hybridized carbons (Fsp3) is 0.350. The van der Waals surface area contributed by atoms with Crippen molar-refractivity contribution in [2.45, 2.75) is 31.6 Å². The molecule has 1 aromatic heterocycles. The third kappa shape index (κ3) is 3.42. The first-order valence-corrected chi connectivity index (χ1v) is 9.40. The van der Waals surface area contributed by atoms with Crippen molar-refractivity contribution in [1.29, 1.82) is 0 Å². The van der Waals surface area contributed by atoms with Crippen LogP contribution in [-0.2, 0) is 6.54 Å². The summed E-state index contributed by atoms with van der Waals surface area (Å²) in [5, 5.41) is 12.7. The second kappa shape index (κ2) is 7.51. The number of aromatic hydroxyl groups is 1. The Morgan fingerprint density at radius 3 is 2.77 bits per heavy atom. The number of nitrogens with zero attached hydrogens (tertiary/aromatic N) is 2. The van der Waals surface area contributed by atoms with Crippen LogP contribution in [0.4, 0.5) is 13.2 Å². The number of fused-ring (bicyclic) bond motifs is 4. The molecule has 3 heterocycles. The third-order valence-corrected chi connectivity index (χ3v) is 5.46. The van der Waals surface area contributed by atoms with Crippen LogP contribution >= 0.6 is 0 Å². The summed E-state index contributed by atoms with van der Waals surface area (Å²) in [6.07, 6.45) is 0.185. The summed E-state index contributed by atoms with van der Waals surface area (Å²) in [5.74, 6) is -4.02. The Morgan fingerprint density at radius 2 is 2.03 bits per heavy atom. The number of halogens is 3. The van der Waals surface area contributed by atoms with Crippen molar-refractivity contribution in [1.82, 2.24) is 14.8 Å². The number of hydrogen-bond donors (Lipinski definition) is 2. The molecule has 2 aliphatic rings. The molecule has 1 aromatic carbocycles. The molecule has 2 aliphatic heterocycles. The number of aromatic nitrogens is 1. The highest BCUT2D eigenvalue weighted by atomic mass is 19.1. The van der Waals surface area contributed by atoms with E-state index in [0.717, 1.165) is 18.3 Å². The number of amides is 2. The molecule has 1 fully saturated rings. The monoisotopic (exact) mass is 421 g/mol. The van der Waals surface area contributed by atoms with Crippen molar-refractivity contribution in [3.8, 4) is 5.75 Å². The second-order valence-electron chi connectivity index (χ2n) is 7.42. The van der Waals surface area contributed by atoms with Crippen LogP contribution < -0.4 is 10.7 Å². The zero-order chi connectivity index (χ0) is 21.6. The minimum Gasteiger partial charge on any atom is -0.503 e. The molecule has 2 atom stereocenters. The van der Waals surface area contributed by atoms with Gasteiger partial charge in [0, 0.05) is 43.9 Å². The number of carbonyl (C=O) groups excluding carboxylic acids is 2. The maximum Gasteiger partial charge on any atom is 0.274 e. The van der Waals surface area contributed by atoms with Crippen molar-refractivity contribution in [2.24, 2.45) is 0 Å². The van der Waals surface area contributed by atoms with Crippen molar-refractivity contribution in [2.75, 3.05) is 13.1 Å². The molecule has 30 heavy (non-hydrogen) atoms. The Kier molecular flexibility index (Phi) is 5.00. The first-order valence-electron chi connectivity index (χ1n) is 9.40. The number of nitrogens with one attached hydrogen (secondary N) is 1. The van der Waals surface area contributed by atoms with E-state index < -0.39 is 52.4 Å². The summed E-state index contributed by atoms with van der Waals surface area (Å²) in [4.78, 5) is 39.1. The van der Waals surface area contributed by atoms with E-state index in [1.807, 2.05) is 0 Å². The molecule has 7 nitrogen and oxygen atoms in total. The molecule has 10 heteroatoms. The van der Waals surface area contributed by atoms with E-state index in [2.05, 4.69) is 5.32 Å². The molecule has 2 N–H and O–H groups in total. The normalized spacial score (nSPS) is 20.5. The third-order valence-electron chi connectivity index (χ3n) is 5.46. The number of carbonyl (C=O) groups is 2. The van der Waals surface area contributed by atoms with Crippen LogP contribution in [0.1, 0.15) is 45.3 Å². The topological polar surface area (TPSA) is 91.6 Å². The smallest absolute Gasteiger partial charge is 0.274 e. The number of alkyl halides is 1. The van der Waals surface area contributed by atoms with Crippen LogP contribution in [0.3, 0.4) is 0 Å². The standard InChI is InChI=1S/C20H18F3N3O4/c21-11-2-1-10(15(23)6-11)7-24-19(29)14-9-26-13-5-12(22)3-4-25(8-13)20(30)16(26)18(28)17(14)27/h1-2,6,9,12-13,28H,3-5,7-8H2,(H,24,29)/t12?,13-/m0/s1. The van der Waals surface area contributed by atoms with Gasteiger partial charge in [-0.2, -0.15) is 0 Å². The van der Waals surface area contributed by atoms with E-state index in [1.54, 1.807) is 0 Å². The fourth-order valence-corrected chi connectivity index (χ4v) is 3.88. The SMILES string of the molecule is O=C(NCc1ccc(F)cc1F)c1cn2c(c(O)c1=O)C(=O)N1CCC(F)C[C@H]2C1. The second-order valence-corrected chi connectivity index (χ2v) is 7.42. The predicted molar refractivity (Wildman–Crippen MR) is 99.0 cm³/mol. The van der Waals surface area contributed by atoms with Crippen LogP contribution in [0.25, 0.3) is 0 Å². The average Bonchev–Trinajstić information content (AvgIpc) is 2.87. The lowest BCUT2D eigenvalue weighted by atomic mass is 10.0. The minimum absolute atomic E-state index is 0.00175. The van der Waals surface area contributed by atoms with E-state index in [1.165, 1.54) is 9.47 Å².